The summed E-state index contributed by atoms with van der Waals surface area (Å²) in [6.45, 7) is 0.779. The number of carbonyl (C=O) groups excluding carboxylic acids is 1. The molecule has 0 radical (unpaired) electrons. The third kappa shape index (κ3) is 8.98. The van der Waals surface area contributed by atoms with Crippen molar-refractivity contribution >= 4 is 29.3 Å². The number of nitrogens with one attached hydrogen (secondary N) is 1. The van der Waals surface area contributed by atoms with E-state index in [1.807, 2.05) is 24.3 Å². The lowest BCUT2D eigenvalue weighted by atomic mass is 10.2. The summed E-state index contributed by atoms with van der Waals surface area (Å²) in [5.74, 6) is 0.915. The Morgan fingerprint density at radius 2 is 2.14 bits per heavy atom. The van der Waals surface area contributed by atoms with Crippen LogP contribution in [0.15, 0.2) is 29.2 Å². The molecule has 1 unspecified atom stereocenters. The minimum absolute atomic E-state index is 0.0244. The number of thioether (sulfide) groups is 1. The minimum Gasteiger partial charge on any atom is -0.391 e. The lowest BCUT2D eigenvalue weighted by Crippen LogP contribution is -2.28. The highest BCUT2D eigenvalue weighted by atomic mass is 35.5. The molecule has 6 heteroatoms. The first-order valence-corrected chi connectivity index (χ1v) is 8.30. The van der Waals surface area contributed by atoms with Crippen LogP contribution in [0.25, 0.3) is 0 Å². The minimum atomic E-state index is -0.518. The van der Waals surface area contributed by atoms with Crippen molar-refractivity contribution in [2.24, 2.45) is 0 Å². The summed E-state index contributed by atoms with van der Waals surface area (Å²) in [5.41, 5.74) is 0. The molecule has 0 spiro atoms. The molecule has 1 aromatic carbocycles. The smallest absolute Gasteiger partial charge is 0.220 e. The maximum absolute atomic E-state index is 11.6. The van der Waals surface area contributed by atoms with E-state index in [9.17, 15) is 9.90 Å². The topological polar surface area (TPSA) is 58.6 Å². The summed E-state index contributed by atoms with van der Waals surface area (Å²) in [6, 6.07) is 7.68. The maximum Gasteiger partial charge on any atom is 0.220 e. The van der Waals surface area contributed by atoms with Gasteiger partial charge in [0.05, 0.1) is 12.7 Å². The molecule has 0 saturated carbocycles. The predicted molar refractivity (Wildman–Crippen MR) is 86.9 cm³/mol. The fourth-order valence-corrected chi connectivity index (χ4v) is 2.67. The van der Waals surface area contributed by atoms with Gasteiger partial charge in [-0.15, -0.1) is 11.8 Å². The normalized spacial score (nSPS) is 12.1. The van der Waals surface area contributed by atoms with Gasteiger partial charge in [0, 0.05) is 30.0 Å². The molecule has 1 atom stereocenters. The zero-order chi connectivity index (χ0) is 15.5. The first kappa shape index (κ1) is 18.3. The first-order chi connectivity index (χ1) is 10.1. The number of methoxy groups -OCH3 is 1. The van der Waals surface area contributed by atoms with Gasteiger partial charge in [-0.25, -0.2) is 0 Å². The Kier molecular flexibility index (Phi) is 9.50. The Morgan fingerprint density at radius 1 is 1.43 bits per heavy atom. The van der Waals surface area contributed by atoms with Crippen LogP contribution in [-0.2, 0) is 9.53 Å². The van der Waals surface area contributed by atoms with Crippen molar-refractivity contribution in [1.82, 2.24) is 5.32 Å². The Balaban J connectivity index is 2.04. The fraction of sp³-hybridized carbons (Fsp3) is 0.533. The number of carbonyl (C=O) groups is 1. The Morgan fingerprint density at radius 3 is 2.81 bits per heavy atom. The molecule has 1 amide bonds. The van der Waals surface area contributed by atoms with Gasteiger partial charge in [0.15, 0.2) is 0 Å². The quantitative estimate of drug-likeness (QED) is 0.511. The van der Waals surface area contributed by atoms with Gasteiger partial charge in [-0.05, 0) is 42.9 Å². The Bertz CT molecular complexity index is 414. The monoisotopic (exact) mass is 331 g/mol. The van der Waals surface area contributed by atoms with Crippen LogP contribution in [0.1, 0.15) is 19.3 Å². The molecule has 0 aliphatic heterocycles. The average molecular weight is 332 g/mol. The molecule has 118 valence electrons. The van der Waals surface area contributed by atoms with E-state index >= 15 is 0 Å². The van der Waals surface area contributed by atoms with Crippen LogP contribution >= 0.6 is 23.4 Å². The summed E-state index contributed by atoms with van der Waals surface area (Å²) in [7, 11) is 1.54. The highest BCUT2D eigenvalue weighted by molar-refractivity contribution is 7.99. The van der Waals surface area contributed by atoms with Crippen LogP contribution in [0.3, 0.4) is 0 Å². The van der Waals surface area contributed by atoms with Gasteiger partial charge in [0.25, 0.3) is 0 Å². The zero-order valence-electron chi connectivity index (χ0n) is 12.2. The molecule has 4 nitrogen and oxygen atoms in total. The van der Waals surface area contributed by atoms with E-state index < -0.39 is 6.10 Å². The molecule has 0 fully saturated rings. The van der Waals surface area contributed by atoms with Crippen LogP contribution in [0.5, 0.6) is 0 Å². The van der Waals surface area contributed by atoms with Gasteiger partial charge in [0.2, 0.25) is 5.91 Å². The largest absolute Gasteiger partial charge is 0.391 e. The van der Waals surface area contributed by atoms with Gasteiger partial charge in [-0.1, -0.05) is 11.6 Å². The second-order valence-corrected chi connectivity index (χ2v) is 6.26. The number of hydrogen-bond donors (Lipinski definition) is 2. The number of amides is 1. The number of halogens is 1. The highest BCUT2D eigenvalue weighted by Crippen LogP contribution is 2.21. The molecule has 0 saturated heterocycles. The van der Waals surface area contributed by atoms with Gasteiger partial charge in [-0.2, -0.15) is 0 Å². The van der Waals surface area contributed by atoms with Crippen molar-refractivity contribution in [3.05, 3.63) is 29.3 Å². The maximum atomic E-state index is 11.6. The molecule has 2 N–H and O–H groups in total. The van der Waals surface area contributed by atoms with E-state index in [-0.39, 0.29) is 5.91 Å². The van der Waals surface area contributed by atoms with E-state index in [2.05, 4.69) is 5.32 Å². The number of rotatable bonds is 10. The highest BCUT2D eigenvalue weighted by Gasteiger charge is 2.05. The Hall–Kier alpha value is -0.750. The molecular formula is C15H22ClNO3S. The van der Waals surface area contributed by atoms with Crippen molar-refractivity contribution in [1.29, 1.82) is 0 Å². The molecule has 0 aliphatic rings. The number of hydrogen-bond acceptors (Lipinski definition) is 4. The van der Waals surface area contributed by atoms with Crippen LogP contribution in [0, 0.1) is 0 Å². The van der Waals surface area contributed by atoms with E-state index in [1.54, 1.807) is 18.9 Å². The molecule has 1 rings (SSSR count). The molecule has 0 aromatic heterocycles. The van der Waals surface area contributed by atoms with Crippen molar-refractivity contribution in [3.63, 3.8) is 0 Å². The summed E-state index contributed by atoms with van der Waals surface area (Å²) < 4.78 is 4.82. The van der Waals surface area contributed by atoms with Gasteiger partial charge < -0.3 is 15.2 Å². The van der Waals surface area contributed by atoms with Gasteiger partial charge in [-0.3, -0.25) is 4.79 Å². The van der Waals surface area contributed by atoms with Gasteiger partial charge in [0.1, 0.15) is 0 Å². The standard InChI is InChI=1S/C15H22ClNO3S/c1-20-11-13(18)8-9-17-15(19)3-2-10-21-14-6-4-12(16)5-7-14/h4-7,13,18H,2-3,8-11H2,1H3,(H,17,19). The third-order valence-electron chi connectivity index (χ3n) is 2.79. The molecule has 1 aromatic rings. The zero-order valence-corrected chi connectivity index (χ0v) is 13.8. The van der Waals surface area contributed by atoms with Crippen LogP contribution in [0.2, 0.25) is 5.02 Å². The van der Waals surface area contributed by atoms with E-state index in [0.717, 1.165) is 22.1 Å². The molecular weight excluding hydrogens is 310 g/mol. The number of aliphatic hydroxyl groups excluding tert-OH is 1. The molecule has 21 heavy (non-hydrogen) atoms. The second-order valence-electron chi connectivity index (χ2n) is 4.65. The SMILES string of the molecule is COCC(O)CCNC(=O)CCCSc1ccc(Cl)cc1. The van der Waals surface area contributed by atoms with E-state index in [4.69, 9.17) is 16.3 Å². The van der Waals surface area contributed by atoms with Gasteiger partial charge >= 0.3 is 0 Å². The van der Waals surface area contributed by atoms with Crippen molar-refractivity contribution in [3.8, 4) is 0 Å². The summed E-state index contributed by atoms with van der Waals surface area (Å²) in [6.07, 6.45) is 1.32. The van der Waals surface area contributed by atoms with Crippen LogP contribution < -0.4 is 5.32 Å². The number of ether oxygens (including phenoxy) is 1. The molecule has 0 bridgehead atoms. The van der Waals surface area contributed by atoms with Crippen LogP contribution in [0.4, 0.5) is 0 Å². The van der Waals surface area contributed by atoms with Crippen molar-refractivity contribution in [2.45, 2.75) is 30.3 Å². The lowest BCUT2D eigenvalue weighted by molar-refractivity contribution is -0.121. The summed E-state index contributed by atoms with van der Waals surface area (Å²) in [4.78, 5) is 12.7. The predicted octanol–water partition coefficient (Wildman–Crippen LogP) is 2.73. The Labute approximate surface area is 135 Å². The number of aliphatic hydroxyl groups is 1. The van der Waals surface area contributed by atoms with Crippen LogP contribution in [-0.4, -0.2) is 43.1 Å². The summed E-state index contributed by atoms with van der Waals surface area (Å²) >= 11 is 7.53. The fourth-order valence-electron chi connectivity index (χ4n) is 1.70. The molecule has 0 heterocycles. The summed E-state index contributed by atoms with van der Waals surface area (Å²) in [5, 5.41) is 13.0. The van der Waals surface area contributed by atoms with Crippen molar-refractivity contribution < 1.29 is 14.6 Å². The van der Waals surface area contributed by atoms with Crippen molar-refractivity contribution in [2.75, 3.05) is 26.0 Å². The molecule has 0 aliphatic carbocycles. The average Bonchev–Trinajstić information content (AvgIpc) is 2.46. The van der Waals surface area contributed by atoms with E-state index in [0.29, 0.717) is 26.0 Å². The number of benzene rings is 1. The second kappa shape index (κ2) is 10.9. The lowest BCUT2D eigenvalue weighted by Gasteiger charge is -2.10. The third-order valence-corrected chi connectivity index (χ3v) is 4.14. The van der Waals surface area contributed by atoms with E-state index in [1.165, 1.54) is 0 Å². The first-order valence-electron chi connectivity index (χ1n) is 6.94.